The van der Waals surface area contributed by atoms with Crippen LogP contribution >= 0.6 is 0 Å². The number of benzene rings is 2. The molecule has 3 heteroatoms. The zero-order valence-corrected chi connectivity index (χ0v) is 12.5. The summed E-state index contributed by atoms with van der Waals surface area (Å²) in [5, 5.41) is 9.16. The molecule has 0 fully saturated rings. The van der Waals surface area contributed by atoms with Gasteiger partial charge in [-0.3, -0.25) is 0 Å². The molecule has 0 aliphatic rings. The van der Waals surface area contributed by atoms with Crippen molar-refractivity contribution in [2.45, 2.75) is 27.3 Å². The Labute approximate surface area is 124 Å². The van der Waals surface area contributed by atoms with Crippen LogP contribution in [0.1, 0.15) is 16.7 Å². The summed E-state index contributed by atoms with van der Waals surface area (Å²) in [6.45, 7) is 6.56. The summed E-state index contributed by atoms with van der Waals surface area (Å²) >= 11 is 0. The second-order valence-electron chi connectivity index (χ2n) is 5.42. The largest absolute Gasteiger partial charge is 0.310 e. The zero-order valence-electron chi connectivity index (χ0n) is 12.5. The molecule has 2 aromatic carbocycles. The number of nitriles is 1. The van der Waals surface area contributed by atoms with E-state index in [9.17, 15) is 0 Å². The van der Waals surface area contributed by atoms with Crippen molar-refractivity contribution in [2.24, 2.45) is 0 Å². The summed E-state index contributed by atoms with van der Waals surface area (Å²) < 4.78 is 2.00. The molecular formula is C18H17N3. The number of hydrogen-bond acceptors (Lipinski definition) is 2. The van der Waals surface area contributed by atoms with Crippen LogP contribution in [0, 0.1) is 32.1 Å². The molecule has 3 nitrogen and oxygen atoms in total. The van der Waals surface area contributed by atoms with Crippen LogP contribution in [0.3, 0.4) is 0 Å². The average molecular weight is 275 g/mol. The molecule has 0 aliphatic carbocycles. The van der Waals surface area contributed by atoms with Crippen molar-refractivity contribution in [2.75, 3.05) is 0 Å². The van der Waals surface area contributed by atoms with Crippen molar-refractivity contribution in [3.05, 3.63) is 53.1 Å². The van der Waals surface area contributed by atoms with Crippen molar-refractivity contribution < 1.29 is 0 Å². The quantitative estimate of drug-likeness (QED) is 0.705. The minimum absolute atomic E-state index is 0.308. The maximum absolute atomic E-state index is 9.16. The molecule has 0 radical (unpaired) electrons. The molecule has 1 heterocycles. The second kappa shape index (κ2) is 5.06. The fraction of sp³-hybridized carbons (Fsp3) is 0.222. The molecule has 0 saturated carbocycles. The normalized spacial score (nSPS) is 10.8. The Morgan fingerprint density at radius 3 is 2.48 bits per heavy atom. The summed E-state index contributed by atoms with van der Waals surface area (Å²) in [5.74, 6) is 0.870. The highest BCUT2D eigenvalue weighted by molar-refractivity contribution is 5.82. The van der Waals surface area contributed by atoms with E-state index in [2.05, 4.69) is 51.1 Å². The lowest BCUT2D eigenvalue weighted by atomic mass is 10.1. The molecule has 0 atom stereocenters. The standard InChI is InChI=1S/C18H17N3/c1-12-6-4-5-7-15(12)18-20-16-10-13(2)14(3)11-17(16)21(18)9-8-19/h4-7,10-11H,9H2,1-3H3. The molecule has 1 aromatic heterocycles. The van der Waals surface area contributed by atoms with Crippen LogP contribution in [0.4, 0.5) is 0 Å². The van der Waals surface area contributed by atoms with Crippen LogP contribution in [0.25, 0.3) is 22.4 Å². The summed E-state index contributed by atoms with van der Waals surface area (Å²) in [7, 11) is 0. The van der Waals surface area contributed by atoms with Crippen molar-refractivity contribution in [3.63, 3.8) is 0 Å². The van der Waals surface area contributed by atoms with Gasteiger partial charge in [-0.15, -0.1) is 0 Å². The van der Waals surface area contributed by atoms with Gasteiger partial charge in [-0.2, -0.15) is 5.26 Å². The van der Waals surface area contributed by atoms with Crippen molar-refractivity contribution in [1.82, 2.24) is 9.55 Å². The Bertz CT molecular complexity index is 866. The third-order valence-corrected chi connectivity index (χ3v) is 3.98. The highest BCUT2D eigenvalue weighted by atomic mass is 15.1. The van der Waals surface area contributed by atoms with Gasteiger partial charge in [0, 0.05) is 5.56 Å². The van der Waals surface area contributed by atoms with E-state index >= 15 is 0 Å². The predicted molar refractivity (Wildman–Crippen MR) is 85.0 cm³/mol. The SMILES string of the molecule is Cc1cc2nc(-c3ccccc3C)n(CC#N)c2cc1C. The number of nitrogens with zero attached hydrogens (tertiary/aromatic N) is 3. The van der Waals surface area contributed by atoms with E-state index in [-0.39, 0.29) is 0 Å². The molecule has 0 saturated heterocycles. The van der Waals surface area contributed by atoms with Crippen LogP contribution in [0.2, 0.25) is 0 Å². The number of imidazole rings is 1. The lowest BCUT2D eigenvalue weighted by Crippen LogP contribution is -2.00. The van der Waals surface area contributed by atoms with Gasteiger partial charge in [0.1, 0.15) is 12.4 Å². The van der Waals surface area contributed by atoms with Gasteiger partial charge in [0.05, 0.1) is 17.1 Å². The summed E-state index contributed by atoms with van der Waals surface area (Å²) in [5.41, 5.74) is 6.67. The van der Waals surface area contributed by atoms with Gasteiger partial charge in [0.2, 0.25) is 0 Å². The maximum atomic E-state index is 9.16. The lowest BCUT2D eigenvalue weighted by molar-refractivity contribution is 0.869. The molecule has 3 aromatic rings. The van der Waals surface area contributed by atoms with Crippen molar-refractivity contribution >= 4 is 11.0 Å². The summed E-state index contributed by atoms with van der Waals surface area (Å²) in [4.78, 5) is 4.78. The number of rotatable bonds is 2. The Kier molecular flexibility index (Phi) is 3.23. The summed E-state index contributed by atoms with van der Waals surface area (Å²) in [6, 6.07) is 14.6. The molecule has 0 unspecified atom stereocenters. The first kappa shape index (κ1) is 13.4. The van der Waals surface area contributed by atoms with Gasteiger partial charge in [-0.05, 0) is 49.6 Å². The first-order valence-corrected chi connectivity index (χ1v) is 7.02. The highest BCUT2D eigenvalue weighted by Crippen LogP contribution is 2.28. The number of aromatic nitrogens is 2. The molecule has 104 valence electrons. The number of aryl methyl sites for hydroxylation is 3. The van der Waals surface area contributed by atoms with Gasteiger partial charge in [0.25, 0.3) is 0 Å². The van der Waals surface area contributed by atoms with Gasteiger partial charge < -0.3 is 4.57 Å². The monoisotopic (exact) mass is 275 g/mol. The molecular weight excluding hydrogens is 258 g/mol. The Balaban J connectivity index is 2.35. The van der Waals surface area contributed by atoms with Crippen molar-refractivity contribution in [1.29, 1.82) is 5.26 Å². The third-order valence-electron chi connectivity index (χ3n) is 3.98. The first-order valence-electron chi connectivity index (χ1n) is 7.02. The highest BCUT2D eigenvalue weighted by Gasteiger charge is 2.14. The van der Waals surface area contributed by atoms with E-state index in [4.69, 9.17) is 10.2 Å². The Morgan fingerprint density at radius 2 is 1.76 bits per heavy atom. The Hall–Kier alpha value is -2.60. The Morgan fingerprint density at radius 1 is 1.05 bits per heavy atom. The second-order valence-corrected chi connectivity index (χ2v) is 5.42. The third kappa shape index (κ3) is 2.19. The lowest BCUT2D eigenvalue weighted by Gasteiger charge is -2.08. The van der Waals surface area contributed by atoms with E-state index in [1.165, 1.54) is 16.7 Å². The minimum Gasteiger partial charge on any atom is -0.310 e. The van der Waals surface area contributed by atoms with Gasteiger partial charge in [-0.1, -0.05) is 24.3 Å². The van der Waals surface area contributed by atoms with E-state index in [0.29, 0.717) is 6.54 Å². The van der Waals surface area contributed by atoms with Gasteiger partial charge >= 0.3 is 0 Å². The van der Waals surface area contributed by atoms with Gasteiger partial charge in [-0.25, -0.2) is 4.98 Å². The maximum Gasteiger partial charge on any atom is 0.142 e. The predicted octanol–water partition coefficient (Wildman–Crippen LogP) is 4.15. The van der Waals surface area contributed by atoms with E-state index in [1.54, 1.807) is 0 Å². The van der Waals surface area contributed by atoms with Crippen molar-refractivity contribution in [3.8, 4) is 17.5 Å². The van der Waals surface area contributed by atoms with Crippen LogP contribution < -0.4 is 0 Å². The molecule has 0 bridgehead atoms. The smallest absolute Gasteiger partial charge is 0.142 e. The van der Waals surface area contributed by atoms with Crippen LogP contribution in [0.5, 0.6) is 0 Å². The minimum atomic E-state index is 0.308. The molecule has 0 aliphatic heterocycles. The van der Waals surface area contributed by atoms with E-state index < -0.39 is 0 Å². The van der Waals surface area contributed by atoms with Crippen LogP contribution in [-0.2, 0) is 6.54 Å². The topological polar surface area (TPSA) is 41.6 Å². The molecule has 0 spiro atoms. The molecule has 0 amide bonds. The van der Waals surface area contributed by atoms with Crippen LogP contribution in [0.15, 0.2) is 36.4 Å². The summed E-state index contributed by atoms with van der Waals surface area (Å²) in [6.07, 6.45) is 0. The average Bonchev–Trinajstić information content (AvgIpc) is 2.79. The van der Waals surface area contributed by atoms with E-state index in [1.807, 2.05) is 16.7 Å². The fourth-order valence-corrected chi connectivity index (χ4v) is 2.64. The fourth-order valence-electron chi connectivity index (χ4n) is 2.64. The molecule has 3 rings (SSSR count). The first-order chi connectivity index (χ1) is 10.1. The molecule has 21 heavy (non-hydrogen) atoms. The molecule has 0 N–H and O–H groups in total. The number of hydrogen-bond donors (Lipinski definition) is 0. The van der Waals surface area contributed by atoms with E-state index in [0.717, 1.165) is 22.4 Å². The number of fused-ring (bicyclic) bond motifs is 1. The van der Waals surface area contributed by atoms with Gasteiger partial charge in [0.15, 0.2) is 0 Å². The zero-order chi connectivity index (χ0) is 15.0. The van der Waals surface area contributed by atoms with Crippen LogP contribution in [-0.4, -0.2) is 9.55 Å².